The smallest absolute Gasteiger partial charge is 0.359 e. The maximum Gasteiger partial charge on any atom is 0.359 e. The predicted molar refractivity (Wildman–Crippen MR) is 85.1 cm³/mol. The van der Waals surface area contributed by atoms with Crippen molar-refractivity contribution in [2.45, 2.75) is 32.8 Å². The molecule has 0 bridgehead atoms. The van der Waals surface area contributed by atoms with Gasteiger partial charge in [0, 0.05) is 5.69 Å². The van der Waals surface area contributed by atoms with Gasteiger partial charge in [0.05, 0.1) is 5.56 Å². The van der Waals surface area contributed by atoms with E-state index in [2.05, 4.69) is 15.5 Å². The van der Waals surface area contributed by atoms with E-state index in [1.54, 1.807) is 17.5 Å². The molecule has 23 heavy (non-hydrogen) atoms. The molecule has 0 unspecified atom stereocenters. The van der Waals surface area contributed by atoms with Crippen LogP contribution in [0.4, 0.5) is 5.00 Å². The number of nitriles is 1. The highest BCUT2D eigenvalue weighted by Crippen LogP contribution is 2.22. The molecule has 0 saturated heterocycles. The van der Waals surface area contributed by atoms with Crippen LogP contribution in [0.25, 0.3) is 0 Å². The zero-order valence-corrected chi connectivity index (χ0v) is 13.6. The maximum absolute atomic E-state index is 12.0. The van der Waals surface area contributed by atoms with Crippen LogP contribution in [0.1, 0.15) is 42.0 Å². The highest BCUT2D eigenvalue weighted by atomic mass is 32.1. The van der Waals surface area contributed by atoms with E-state index in [0.29, 0.717) is 10.6 Å². The Bertz CT molecular complexity index is 744. The number of aromatic amines is 1. The van der Waals surface area contributed by atoms with Gasteiger partial charge >= 0.3 is 5.97 Å². The second-order valence-electron chi connectivity index (χ2n) is 4.84. The minimum absolute atomic E-state index is 0.141. The minimum atomic E-state index is -0.998. The predicted octanol–water partition coefficient (Wildman–Crippen LogP) is 2.48. The van der Waals surface area contributed by atoms with Crippen LogP contribution in [-0.4, -0.2) is 28.2 Å². The molecule has 7 nitrogen and oxygen atoms in total. The fourth-order valence-electron chi connectivity index (χ4n) is 1.85. The Kier molecular flexibility index (Phi) is 5.49. The summed E-state index contributed by atoms with van der Waals surface area (Å²) in [5.41, 5.74) is 1.36. The monoisotopic (exact) mass is 332 g/mol. The van der Waals surface area contributed by atoms with E-state index in [1.807, 2.05) is 13.0 Å². The minimum Gasteiger partial charge on any atom is -0.448 e. The van der Waals surface area contributed by atoms with Gasteiger partial charge in [-0.2, -0.15) is 10.4 Å². The van der Waals surface area contributed by atoms with Gasteiger partial charge in [0.1, 0.15) is 11.1 Å². The molecule has 0 fully saturated rings. The molecule has 2 N–H and O–H groups in total. The number of hydrogen-bond donors (Lipinski definition) is 2. The van der Waals surface area contributed by atoms with E-state index >= 15 is 0 Å². The Hall–Kier alpha value is -2.66. The molecule has 2 aromatic rings. The fraction of sp³-hybridized carbons (Fsp3) is 0.333. The number of nitrogens with one attached hydrogen (secondary N) is 2. The highest BCUT2D eigenvalue weighted by Gasteiger charge is 2.21. The number of carbonyl (C=O) groups is 2. The summed E-state index contributed by atoms with van der Waals surface area (Å²) in [4.78, 5) is 24.0. The van der Waals surface area contributed by atoms with Gasteiger partial charge < -0.3 is 10.1 Å². The van der Waals surface area contributed by atoms with Crippen LogP contribution in [0.3, 0.4) is 0 Å². The Morgan fingerprint density at radius 2 is 2.35 bits per heavy atom. The number of H-pyrrole nitrogens is 1. The lowest BCUT2D eigenvalue weighted by Gasteiger charge is -2.11. The second kappa shape index (κ2) is 7.56. The van der Waals surface area contributed by atoms with Gasteiger partial charge in [0.2, 0.25) is 0 Å². The van der Waals surface area contributed by atoms with E-state index in [0.717, 1.165) is 18.5 Å². The number of anilines is 1. The summed E-state index contributed by atoms with van der Waals surface area (Å²) in [7, 11) is 0. The van der Waals surface area contributed by atoms with Gasteiger partial charge in [-0.3, -0.25) is 9.89 Å². The van der Waals surface area contributed by atoms with Gasteiger partial charge in [-0.15, -0.1) is 11.3 Å². The van der Waals surface area contributed by atoms with Gasteiger partial charge in [0.15, 0.2) is 11.8 Å². The zero-order valence-electron chi connectivity index (χ0n) is 12.8. The number of aryl methyl sites for hydroxylation is 1. The summed E-state index contributed by atoms with van der Waals surface area (Å²) in [6.07, 6.45) is 0.714. The molecule has 0 spiro atoms. The summed E-state index contributed by atoms with van der Waals surface area (Å²) in [6, 6.07) is 5.20. The summed E-state index contributed by atoms with van der Waals surface area (Å²) in [6.45, 7) is 3.48. The fourth-order valence-corrected chi connectivity index (χ4v) is 2.59. The number of thiophene rings is 1. The van der Waals surface area contributed by atoms with Crippen LogP contribution in [0.2, 0.25) is 0 Å². The maximum atomic E-state index is 12.0. The molecule has 120 valence electrons. The molecule has 0 saturated carbocycles. The molecule has 2 heterocycles. The van der Waals surface area contributed by atoms with Gasteiger partial charge in [-0.05, 0) is 30.9 Å². The lowest BCUT2D eigenvalue weighted by molar-refractivity contribution is -0.123. The second-order valence-corrected chi connectivity index (χ2v) is 5.76. The van der Waals surface area contributed by atoms with E-state index in [-0.39, 0.29) is 5.69 Å². The molecule has 2 rings (SSSR count). The number of nitrogens with zero attached hydrogens (tertiary/aromatic N) is 2. The topological polar surface area (TPSA) is 108 Å². The first-order valence-corrected chi connectivity index (χ1v) is 7.96. The van der Waals surface area contributed by atoms with Crippen molar-refractivity contribution >= 4 is 28.2 Å². The molecule has 1 amide bonds. The van der Waals surface area contributed by atoms with E-state index in [4.69, 9.17) is 10.00 Å². The van der Waals surface area contributed by atoms with Gasteiger partial charge in [-0.25, -0.2) is 4.79 Å². The lowest BCUT2D eigenvalue weighted by Crippen LogP contribution is -2.30. The molecule has 2 aromatic heterocycles. The van der Waals surface area contributed by atoms with Crippen molar-refractivity contribution in [2.75, 3.05) is 5.32 Å². The van der Waals surface area contributed by atoms with Crippen molar-refractivity contribution in [3.8, 4) is 6.07 Å². The third-order valence-electron chi connectivity index (χ3n) is 3.03. The van der Waals surface area contributed by atoms with Gasteiger partial charge in [0.25, 0.3) is 5.91 Å². The standard InChI is InChI=1S/C15H16N4O3S/c1-3-4-11-7-12(19-18-11)15(21)22-9(2)13(20)17-14-10(8-16)5-6-23-14/h5-7,9H,3-4H2,1-2H3,(H,17,20)(H,18,19)/t9-/m1/s1. The van der Waals surface area contributed by atoms with E-state index in [9.17, 15) is 9.59 Å². The third-order valence-corrected chi connectivity index (χ3v) is 3.86. The number of amides is 1. The Morgan fingerprint density at radius 3 is 3.04 bits per heavy atom. The summed E-state index contributed by atoms with van der Waals surface area (Å²) >= 11 is 1.23. The lowest BCUT2D eigenvalue weighted by atomic mass is 10.2. The van der Waals surface area contributed by atoms with Crippen molar-refractivity contribution in [1.82, 2.24) is 10.2 Å². The van der Waals surface area contributed by atoms with Crippen molar-refractivity contribution in [2.24, 2.45) is 0 Å². The van der Waals surface area contributed by atoms with Crippen LogP contribution < -0.4 is 5.32 Å². The number of carbonyl (C=O) groups excluding carboxylic acids is 2. The van der Waals surface area contributed by atoms with Crippen molar-refractivity contribution < 1.29 is 14.3 Å². The van der Waals surface area contributed by atoms with Crippen molar-refractivity contribution in [3.05, 3.63) is 34.5 Å². The molecule has 0 aliphatic heterocycles. The van der Waals surface area contributed by atoms with Crippen LogP contribution in [0.15, 0.2) is 17.5 Å². The van der Waals surface area contributed by atoms with E-state index < -0.39 is 18.0 Å². The first-order valence-electron chi connectivity index (χ1n) is 7.08. The summed E-state index contributed by atoms with van der Waals surface area (Å²) in [5.74, 6) is -1.17. The van der Waals surface area contributed by atoms with Crippen LogP contribution in [-0.2, 0) is 16.0 Å². The Labute approximate surface area is 137 Å². The number of esters is 1. The molecule has 0 radical (unpaired) electrons. The molecule has 0 aromatic carbocycles. The quantitative estimate of drug-likeness (QED) is 0.790. The number of hydrogen-bond acceptors (Lipinski definition) is 6. The zero-order chi connectivity index (χ0) is 16.8. The first-order chi connectivity index (χ1) is 11.0. The van der Waals surface area contributed by atoms with Gasteiger partial charge in [-0.1, -0.05) is 13.3 Å². The molecule has 0 aliphatic rings. The van der Waals surface area contributed by atoms with Crippen molar-refractivity contribution in [3.63, 3.8) is 0 Å². The average Bonchev–Trinajstić information content (AvgIpc) is 3.16. The van der Waals surface area contributed by atoms with Crippen molar-refractivity contribution in [1.29, 1.82) is 5.26 Å². The average molecular weight is 332 g/mol. The van der Waals surface area contributed by atoms with Crippen LogP contribution >= 0.6 is 11.3 Å². The number of ether oxygens (including phenoxy) is 1. The molecular formula is C15H16N4O3S. The highest BCUT2D eigenvalue weighted by molar-refractivity contribution is 7.14. The van der Waals surface area contributed by atoms with Crippen LogP contribution in [0.5, 0.6) is 0 Å². The Morgan fingerprint density at radius 1 is 1.57 bits per heavy atom. The van der Waals surface area contributed by atoms with E-state index in [1.165, 1.54) is 18.3 Å². The molecule has 8 heteroatoms. The first kappa shape index (κ1) is 16.7. The number of aromatic nitrogens is 2. The SMILES string of the molecule is CCCc1cc(C(=O)O[C@H](C)C(=O)Nc2sccc2C#N)n[nH]1. The largest absolute Gasteiger partial charge is 0.448 e. The Balaban J connectivity index is 1.94. The number of rotatable bonds is 6. The molecule has 0 aliphatic carbocycles. The molecular weight excluding hydrogens is 316 g/mol. The molecule has 1 atom stereocenters. The summed E-state index contributed by atoms with van der Waals surface area (Å²) < 4.78 is 5.10. The third kappa shape index (κ3) is 4.17. The van der Waals surface area contributed by atoms with Crippen LogP contribution in [0, 0.1) is 11.3 Å². The normalized spacial score (nSPS) is 11.5. The summed E-state index contributed by atoms with van der Waals surface area (Å²) in [5, 5.41) is 20.2.